The number of hydrogen-bond donors (Lipinski definition) is 1. The molecule has 0 radical (unpaired) electrons. The molecule has 30 heavy (non-hydrogen) atoms. The summed E-state index contributed by atoms with van der Waals surface area (Å²) in [6.07, 6.45) is 1.19. The zero-order valence-corrected chi connectivity index (χ0v) is 19.2. The topological polar surface area (TPSA) is 76.5 Å². The van der Waals surface area contributed by atoms with E-state index in [-0.39, 0.29) is 29.8 Å². The molecule has 0 saturated heterocycles. The number of methoxy groups -OCH3 is 1. The van der Waals surface area contributed by atoms with Crippen molar-refractivity contribution in [1.82, 2.24) is 14.7 Å². The Morgan fingerprint density at radius 3 is 2.33 bits per heavy atom. The zero-order chi connectivity index (χ0) is 22.5. The largest absolute Gasteiger partial charge is 0.497 e. The fraction of sp³-hybridized carbons (Fsp3) is 0.522. The molecule has 0 aliphatic carbocycles. The molecule has 1 aromatic heterocycles. The van der Waals surface area contributed by atoms with Gasteiger partial charge in [0.05, 0.1) is 18.5 Å². The SMILES string of the molecule is CCCC(=O)N(CC(=O)Nc1cc(C(C)(C)C)nn1-c1ccc(OC)cc1)C(C)C. The predicted octanol–water partition coefficient (Wildman–Crippen LogP) is 4.15. The summed E-state index contributed by atoms with van der Waals surface area (Å²) in [6, 6.07) is 9.31. The van der Waals surface area contributed by atoms with Gasteiger partial charge in [0, 0.05) is 23.9 Å². The Kier molecular flexibility index (Phi) is 7.65. The molecule has 1 aromatic carbocycles. The lowest BCUT2D eigenvalue weighted by atomic mass is 9.92. The number of hydrogen-bond acceptors (Lipinski definition) is 4. The second-order valence-corrected chi connectivity index (χ2v) is 8.69. The number of nitrogens with zero attached hydrogens (tertiary/aromatic N) is 3. The van der Waals surface area contributed by atoms with Gasteiger partial charge in [0.1, 0.15) is 18.1 Å². The summed E-state index contributed by atoms with van der Waals surface area (Å²) in [5.41, 5.74) is 1.49. The van der Waals surface area contributed by atoms with E-state index in [1.807, 2.05) is 51.1 Å². The number of benzene rings is 1. The van der Waals surface area contributed by atoms with Crippen LogP contribution in [-0.4, -0.2) is 46.2 Å². The van der Waals surface area contributed by atoms with Gasteiger partial charge < -0.3 is 15.0 Å². The quantitative estimate of drug-likeness (QED) is 0.704. The number of rotatable bonds is 8. The fourth-order valence-electron chi connectivity index (χ4n) is 3.01. The van der Waals surface area contributed by atoms with Gasteiger partial charge in [-0.3, -0.25) is 9.59 Å². The molecule has 0 aliphatic rings. The van der Waals surface area contributed by atoms with E-state index in [2.05, 4.69) is 26.1 Å². The molecule has 0 spiro atoms. The highest BCUT2D eigenvalue weighted by Crippen LogP contribution is 2.27. The van der Waals surface area contributed by atoms with Crippen molar-refractivity contribution in [2.45, 2.75) is 65.8 Å². The van der Waals surface area contributed by atoms with Crippen LogP contribution in [0.3, 0.4) is 0 Å². The van der Waals surface area contributed by atoms with Crippen LogP contribution in [0.1, 0.15) is 60.1 Å². The Balaban J connectivity index is 2.31. The highest BCUT2D eigenvalue weighted by molar-refractivity contribution is 5.94. The van der Waals surface area contributed by atoms with Gasteiger partial charge in [-0.05, 0) is 44.5 Å². The molecule has 164 valence electrons. The average molecular weight is 415 g/mol. The third-order valence-corrected chi connectivity index (χ3v) is 4.78. The van der Waals surface area contributed by atoms with Crippen LogP contribution in [0.25, 0.3) is 5.69 Å². The monoisotopic (exact) mass is 414 g/mol. The van der Waals surface area contributed by atoms with Crippen LogP contribution in [-0.2, 0) is 15.0 Å². The van der Waals surface area contributed by atoms with E-state index in [9.17, 15) is 9.59 Å². The molecule has 7 heteroatoms. The van der Waals surface area contributed by atoms with Gasteiger partial charge in [-0.15, -0.1) is 0 Å². The fourth-order valence-corrected chi connectivity index (χ4v) is 3.01. The minimum Gasteiger partial charge on any atom is -0.497 e. The Morgan fingerprint density at radius 2 is 1.83 bits per heavy atom. The first-order chi connectivity index (χ1) is 14.1. The Hall–Kier alpha value is -2.83. The second-order valence-electron chi connectivity index (χ2n) is 8.69. The summed E-state index contributed by atoms with van der Waals surface area (Å²) >= 11 is 0. The van der Waals surface area contributed by atoms with Crippen molar-refractivity contribution < 1.29 is 14.3 Å². The lowest BCUT2D eigenvalue weighted by Crippen LogP contribution is -2.42. The van der Waals surface area contributed by atoms with Crippen molar-refractivity contribution in [3.63, 3.8) is 0 Å². The van der Waals surface area contributed by atoms with Crippen LogP contribution in [0, 0.1) is 0 Å². The Bertz CT molecular complexity index is 864. The third-order valence-electron chi connectivity index (χ3n) is 4.78. The number of ether oxygens (including phenoxy) is 1. The first-order valence-electron chi connectivity index (χ1n) is 10.4. The summed E-state index contributed by atoms with van der Waals surface area (Å²) in [7, 11) is 1.62. The minimum atomic E-state index is -0.247. The van der Waals surface area contributed by atoms with Gasteiger partial charge in [0.15, 0.2) is 0 Å². The molecule has 1 N–H and O–H groups in total. The number of nitrogens with one attached hydrogen (secondary N) is 1. The van der Waals surface area contributed by atoms with Crippen LogP contribution in [0.2, 0.25) is 0 Å². The van der Waals surface area contributed by atoms with E-state index in [1.54, 1.807) is 16.7 Å². The van der Waals surface area contributed by atoms with Gasteiger partial charge in [-0.2, -0.15) is 5.10 Å². The molecule has 0 unspecified atom stereocenters. The Morgan fingerprint density at radius 1 is 1.20 bits per heavy atom. The first kappa shape index (κ1) is 23.4. The van der Waals surface area contributed by atoms with E-state index in [4.69, 9.17) is 9.84 Å². The molecular formula is C23H34N4O3. The van der Waals surface area contributed by atoms with E-state index >= 15 is 0 Å². The number of anilines is 1. The molecule has 1 heterocycles. The first-order valence-corrected chi connectivity index (χ1v) is 10.4. The van der Waals surface area contributed by atoms with Crippen molar-refractivity contribution in [2.24, 2.45) is 0 Å². The summed E-state index contributed by atoms with van der Waals surface area (Å²) in [6.45, 7) is 12.0. The molecule has 2 aromatic rings. The molecule has 0 aliphatic heterocycles. The van der Waals surface area contributed by atoms with Crippen LogP contribution in [0.4, 0.5) is 5.82 Å². The van der Waals surface area contributed by atoms with Crippen LogP contribution in [0.15, 0.2) is 30.3 Å². The molecule has 0 saturated carbocycles. The van der Waals surface area contributed by atoms with Gasteiger partial charge in [0.2, 0.25) is 11.8 Å². The third kappa shape index (κ3) is 5.84. The van der Waals surface area contributed by atoms with E-state index < -0.39 is 0 Å². The summed E-state index contributed by atoms with van der Waals surface area (Å²) in [5.74, 6) is 1.06. The van der Waals surface area contributed by atoms with Crippen molar-refractivity contribution >= 4 is 17.6 Å². The highest BCUT2D eigenvalue weighted by Gasteiger charge is 2.23. The van der Waals surface area contributed by atoms with Crippen LogP contribution >= 0.6 is 0 Å². The number of carbonyl (C=O) groups excluding carboxylic acids is 2. The predicted molar refractivity (Wildman–Crippen MR) is 119 cm³/mol. The summed E-state index contributed by atoms with van der Waals surface area (Å²) in [4.78, 5) is 26.8. The number of amides is 2. The van der Waals surface area contributed by atoms with Crippen molar-refractivity contribution in [1.29, 1.82) is 0 Å². The Labute approximate surface area is 179 Å². The van der Waals surface area contributed by atoms with E-state index in [0.717, 1.165) is 23.6 Å². The standard InChI is InChI=1S/C23H34N4O3/c1-8-9-22(29)26(16(2)3)15-21(28)24-20-14-19(23(4,5)6)25-27(20)17-10-12-18(30-7)13-11-17/h10-14,16H,8-9,15H2,1-7H3,(H,24,28). The van der Waals surface area contributed by atoms with Crippen molar-refractivity contribution in [3.8, 4) is 11.4 Å². The number of aromatic nitrogens is 2. The normalized spacial score (nSPS) is 11.5. The van der Waals surface area contributed by atoms with Gasteiger partial charge in [0.25, 0.3) is 0 Å². The van der Waals surface area contributed by atoms with Gasteiger partial charge in [-0.25, -0.2) is 4.68 Å². The summed E-state index contributed by atoms with van der Waals surface area (Å²) < 4.78 is 6.94. The number of carbonyl (C=O) groups is 2. The zero-order valence-electron chi connectivity index (χ0n) is 19.2. The van der Waals surface area contributed by atoms with E-state index in [0.29, 0.717) is 12.2 Å². The smallest absolute Gasteiger partial charge is 0.245 e. The lowest BCUT2D eigenvalue weighted by molar-refractivity contribution is -0.136. The minimum absolute atomic E-state index is 0.00907. The average Bonchev–Trinajstić information content (AvgIpc) is 3.10. The maximum Gasteiger partial charge on any atom is 0.245 e. The van der Waals surface area contributed by atoms with Crippen molar-refractivity contribution in [3.05, 3.63) is 36.0 Å². The molecule has 2 amide bonds. The van der Waals surface area contributed by atoms with Gasteiger partial charge in [-0.1, -0.05) is 27.7 Å². The maximum absolute atomic E-state index is 12.8. The molecule has 2 rings (SSSR count). The molecule has 0 fully saturated rings. The molecule has 0 atom stereocenters. The van der Waals surface area contributed by atoms with Gasteiger partial charge >= 0.3 is 0 Å². The van der Waals surface area contributed by atoms with E-state index in [1.165, 1.54) is 0 Å². The van der Waals surface area contributed by atoms with Crippen molar-refractivity contribution in [2.75, 3.05) is 19.0 Å². The lowest BCUT2D eigenvalue weighted by Gasteiger charge is -2.26. The maximum atomic E-state index is 12.8. The molecular weight excluding hydrogens is 380 g/mol. The molecule has 7 nitrogen and oxygen atoms in total. The summed E-state index contributed by atoms with van der Waals surface area (Å²) in [5, 5.41) is 7.67. The molecule has 0 bridgehead atoms. The highest BCUT2D eigenvalue weighted by atomic mass is 16.5. The second kappa shape index (κ2) is 9.78. The van der Waals surface area contributed by atoms with Crippen LogP contribution < -0.4 is 10.1 Å². The van der Waals surface area contributed by atoms with Crippen LogP contribution in [0.5, 0.6) is 5.75 Å².